The van der Waals surface area contributed by atoms with E-state index in [4.69, 9.17) is 0 Å². The Bertz CT molecular complexity index is 389. The summed E-state index contributed by atoms with van der Waals surface area (Å²) in [5.74, 6) is 0.160. The van der Waals surface area contributed by atoms with Crippen LogP contribution in [0.2, 0.25) is 0 Å². The molecule has 0 aliphatic rings. The molecule has 76 valence electrons. The van der Waals surface area contributed by atoms with Crippen molar-refractivity contribution in [3.05, 3.63) is 34.4 Å². The molecule has 0 aromatic heterocycles. The minimum atomic E-state index is -0.946. The molecule has 0 amide bonds. The SMILES string of the molecule is B=COC(=O)Oc1ccc([N+](=O)[O-])cc1. The van der Waals surface area contributed by atoms with Gasteiger partial charge in [-0.05, 0) is 0 Å². The normalized spacial score (nSPS) is 9.00. The number of carbonyl (C=O) groups is 1. The van der Waals surface area contributed by atoms with Crippen LogP contribution in [0.25, 0.3) is 0 Å². The van der Waals surface area contributed by atoms with Crippen LogP contribution in [0.15, 0.2) is 24.3 Å². The number of ether oxygens (including phenoxy) is 2. The standard InChI is InChI=1S/C8H6BNO5/c9-5-14-8(11)15-7-3-1-6(2-4-7)10(12)13/h1-5,9H. The third-order valence-electron chi connectivity index (χ3n) is 1.43. The van der Waals surface area contributed by atoms with E-state index in [0.29, 0.717) is 0 Å². The zero-order chi connectivity index (χ0) is 11.3. The van der Waals surface area contributed by atoms with E-state index in [9.17, 15) is 14.9 Å². The molecule has 1 aromatic carbocycles. The number of rotatable bonds is 3. The molecule has 0 aliphatic heterocycles. The second-order valence-corrected chi connectivity index (χ2v) is 2.39. The van der Waals surface area contributed by atoms with E-state index < -0.39 is 11.1 Å². The van der Waals surface area contributed by atoms with Gasteiger partial charge in [-0.3, -0.25) is 0 Å². The third kappa shape index (κ3) is 3.22. The fraction of sp³-hybridized carbons (Fsp3) is 0. The molecule has 0 aliphatic carbocycles. The van der Waals surface area contributed by atoms with Crippen molar-refractivity contribution in [2.75, 3.05) is 0 Å². The van der Waals surface area contributed by atoms with Gasteiger partial charge in [0.15, 0.2) is 0 Å². The molecule has 0 N–H and O–H groups in total. The molecule has 0 radical (unpaired) electrons. The topological polar surface area (TPSA) is 78.7 Å². The van der Waals surface area contributed by atoms with Crippen molar-refractivity contribution >= 4 is 25.5 Å². The fourth-order valence-electron chi connectivity index (χ4n) is 0.824. The van der Waals surface area contributed by atoms with E-state index in [1.807, 2.05) is 0 Å². The Morgan fingerprint density at radius 2 is 2.00 bits per heavy atom. The van der Waals surface area contributed by atoms with Gasteiger partial charge in [0.25, 0.3) is 0 Å². The molecule has 0 bridgehead atoms. The summed E-state index contributed by atoms with van der Waals surface area (Å²) in [4.78, 5) is 20.5. The first kappa shape index (κ1) is 10.9. The summed E-state index contributed by atoms with van der Waals surface area (Å²) in [5, 5.41) is 10.3. The summed E-state index contributed by atoms with van der Waals surface area (Å²) < 4.78 is 8.93. The first-order valence-electron chi connectivity index (χ1n) is 3.87. The van der Waals surface area contributed by atoms with E-state index >= 15 is 0 Å². The average Bonchev–Trinajstić information content (AvgIpc) is 2.18. The Morgan fingerprint density at radius 1 is 1.40 bits per heavy atom. The molecular weight excluding hydrogens is 201 g/mol. The van der Waals surface area contributed by atoms with Gasteiger partial charge >= 0.3 is 84.8 Å². The molecule has 0 atom stereocenters. The summed E-state index contributed by atoms with van der Waals surface area (Å²) in [6, 6.07) is 5.03. The molecule has 0 fully saturated rings. The predicted octanol–water partition coefficient (Wildman–Crippen LogP) is 0.771. The predicted molar refractivity (Wildman–Crippen MR) is 53.4 cm³/mol. The van der Waals surface area contributed by atoms with Gasteiger partial charge in [-0.2, -0.15) is 0 Å². The first-order chi connectivity index (χ1) is 7.13. The Labute approximate surface area is 85.6 Å². The number of nitro groups is 1. The Hall–Kier alpha value is -2.18. The van der Waals surface area contributed by atoms with Crippen LogP contribution in [0.1, 0.15) is 0 Å². The van der Waals surface area contributed by atoms with E-state index in [-0.39, 0.29) is 11.4 Å². The summed E-state index contributed by atoms with van der Waals surface area (Å²) in [7, 11) is 3.17. The summed E-state index contributed by atoms with van der Waals surface area (Å²) in [6.07, 6.45) is -0.0212. The van der Waals surface area contributed by atoms with Gasteiger partial charge in [0, 0.05) is 0 Å². The van der Waals surface area contributed by atoms with Crippen LogP contribution in [-0.2, 0) is 4.74 Å². The molecule has 1 aromatic rings. The molecule has 0 heterocycles. The Kier molecular flexibility index (Phi) is 3.56. The van der Waals surface area contributed by atoms with Gasteiger partial charge in [0.05, 0.1) is 0 Å². The average molecular weight is 207 g/mol. The van der Waals surface area contributed by atoms with E-state index in [1.165, 1.54) is 24.3 Å². The molecule has 0 spiro atoms. The number of nitrogens with zero attached hydrogens (tertiary/aromatic N) is 1. The zero-order valence-electron chi connectivity index (χ0n) is 7.58. The van der Waals surface area contributed by atoms with Crippen LogP contribution in [-0.4, -0.2) is 24.7 Å². The zero-order valence-corrected chi connectivity index (χ0v) is 7.58. The van der Waals surface area contributed by atoms with Gasteiger partial charge in [0.2, 0.25) is 0 Å². The number of carbonyl (C=O) groups excluding carboxylic acids is 1. The van der Waals surface area contributed by atoms with Crippen LogP contribution < -0.4 is 4.74 Å². The van der Waals surface area contributed by atoms with E-state index in [0.717, 1.165) is 6.15 Å². The van der Waals surface area contributed by atoms with Gasteiger partial charge in [-0.1, -0.05) is 0 Å². The Balaban J connectivity index is 2.68. The van der Waals surface area contributed by atoms with Crippen molar-refractivity contribution in [3.63, 3.8) is 0 Å². The maximum atomic E-state index is 10.8. The molecule has 0 unspecified atom stereocenters. The van der Waals surface area contributed by atoms with Crippen LogP contribution in [0, 0.1) is 10.1 Å². The van der Waals surface area contributed by atoms with Crippen molar-refractivity contribution in [3.8, 4) is 5.75 Å². The Morgan fingerprint density at radius 3 is 2.47 bits per heavy atom. The van der Waals surface area contributed by atoms with Gasteiger partial charge in [-0.25, -0.2) is 0 Å². The van der Waals surface area contributed by atoms with E-state index in [2.05, 4.69) is 17.0 Å². The van der Waals surface area contributed by atoms with Gasteiger partial charge < -0.3 is 0 Å². The number of nitro benzene ring substituents is 1. The van der Waals surface area contributed by atoms with Crippen molar-refractivity contribution < 1.29 is 19.2 Å². The van der Waals surface area contributed by atoms with Crippen LogP contribution >= 0.6 is 0 Å². The quantitative estimate of drug-likeness (QED) is 0.240. The minimum absolute atomic E-state index is 0.0839. The van der Waals surface area contributed by atoms with Crippen LogP contribution in [0.4, 0.5) is 10.5 Å². The number of benzene rings is 1. The molecule has 0 saturated carbocycles. The number of non-ortho nitro benzene ring substituents is 1. The molecule has 0 saturated heterocycles. The molecule has 7 heteroatoms. The van der Waals surface area contributed by atoms with Gasteiger partial charge in [-0.15, -0.1) is 0 Å². The fourth-order valence-corrected chi connectivity index (χ4v) is 0.824. The molecule has 15 heavy (non-hydrogen) atoms. The molecule has 1 rings (SSSR count). The van der Waals surface area contributed by atoms with Crippen LogP contribution in [0.3, 0.4) is 0 Å². The second-order valence-electron chi connectivity index (χ2n) is 2.39. The van der Waals surface area contributed by atoms with Crippen molar-refractivity contribution in [2.24, 2.45) is 0 Å². The second kappa shape index (κ2) is 4.89. The monoisotopic (exact) mass is 207 g/mol. The number of hydrogen-bond acceptors (Lipinski definition) is 5. The van der Waals surface area contributed by atoms with Gasteiger partial charge in [0.1, 0.15) is 0 Å². The van der Waals surface area contributed by atoms with Crippen LogP contribution in [0.5, 0.6) is 5.75 Å². The first-order valence-corrected chi connectivity index (χ1v) is 3.87. The summed E-state index contributed by atoms with van der Waals surface area (Å²) in [6.45, 7) is 0. The van der Waals surface area contributed by atoms with Crippen molar-refractivity contribution in [1.29, 1.82) is 0 Å². The molecular formula is C8H6BNO5. The maximum absolute atomic E-state index is 10.8. The van der Waals surface area contributed by atoms with Crippen molar-refractivity contribution in [2.45, 2.75) is 0 Å². The van der Waals surface area contributed by atoms with E-state index in [1.54, 1.807) is 0 Å². The third-order valence-corrected chi connectivity index (χ3v) is 1.43. The molecule has 6 nitrogen and oxygen atoms in total. The number of hydrogen-bond donors (Lipinski definition) is 0. The summed E-state index contributed by atoms with van der Waals surface area (Å²) >= 11 is 0. The summed E-state index contributed by atoms with van der Waals surface area (Å²) in [5.41, 5.74) is -0.0839. The van der Waals surface area contributed by atoms with Crippen molar-refractivity contribution in [1.82, 2.24) is 0 Å².